The normalized spacial score (nSPS) is 12.0. The Hall–Kier alpha value is -1.05. The minimum atomic E-state index is -0.751. The molecule has 0 saturated carbocycles. The second kappa shape index (κ2) is 14.0. The van der Waals surface area contributed by atoms with Gasteiger partial charge in [-0.05, 0) is 54.4 Å². The van der Waals surface area contributed by atoms with Gasteiger partial charge in [0.2, 0.25) is 0 Å². The standard InChI is InChI=1S/C20H38ClNO6/c1-19(2,3)27-17(23)22(18(24)28-20(4,5)6)12-14-26-16-15-25-13-10-8-7-9-11-21/h7-16H2,1-6H3. The highest BCUT2D eigenvalue weighted by atomic mass is 35.5. The molecule has 28 heavy (non-hydrogen) atoms. The molecule has 0 saturated heterocycles. The van der Waals surface area contributed by atoms with Crippen molar-refractivity contribution in [2.75, 3.05) is 38.9 Å². The number of amides is 2. The number of hydrogen-bond acceptors (Lipinski definition) is 6. The molecule has 0 aromatic rings. The second-order valence-electron chi connectivity index (χ2n) is 8.44. The molecule has 0 aliphatic heterocycles. The second-order valence-corrected chi connectivity index (χ2v) is 8.82. The lowest BCUT2D eigenvalue weighted by Gasteiger charge is -2.28. The van der Waals surface area contributed by atoms with Gasteiger partial charge < -0.3 is 18.9 Å². The van der Waals surface area contributed by atoms with Crippen LogP contribution in [0.1, 0.15) is 67.2 Å². The van der Waals surface area contributed by atoms with Crippen molar-refractivity contribution in [3.63, 3.8) is 0 Å². The van der Waals surface area contributed by atoms with E-state index < -0.39 is 23.4 Å². The van der Waals surface area contributed by atoms with E-state index in [-0.39, 0.29) is 13.2 Å². The predicted molar refractivity (Wildman–Crippen MR) is 110 cm³/mol. The number of halogens is 1. The summed E-state index contributed by atoms with van der Waals surface area (Å²) in [5.41, 5.74) is -1.42. The molecule has 8 heteroatoms. The molecule has 0 N–H and O–H groups in total. The van der Waals surface area contributed by atoms with Crippen molar-refractivity contribution in [1.82, 2.24) is 4.90 Å². The summed E-state index contributed by atoms with van der Waals surface area (Å²) < 4.78 is 21.5. The van der Waals surface area contributed by atoms with Gasteiger partial charge in [-0.25, -0.2) is 14.5 Å². The van der Waals surface area contributed by atoms with Crippen molar-refractivity contribution < 1.29 is 28.5 Å². The molecule has 0 aromatic heterocycles. The van der Waals surface area contributed by atoms with E-state index in [0.717, 1.165) is 30.6 Å². The Bertz CT molecular complexity index is 417. The molecule has 0 unspecified atom stereocenters. The van der Waals surface area contributed by atoms with Gasteiger partial charge in [-0.3, -0.25) is 0 Å². The van der Waals surface area contributed by atoms with Crippen LogP contribution in [-0.2, 0) is 18.9 Å². The molecular weight excluding hydrogens is 386 g/mol. The average molecular weight is 424 g/mol. The molecule has 2 amide bonds. The highest BCUT2D eigenvalue weighted by molar-refractivity contribution is 6.17. The molecule has 0 aromatic carbocycles. The van der Waals surface area contributed by atoms with E-state index in [4.69, 9.17) is 30.5 Å². The molecule has 0 fully saturated rings. The van der Waals surface area contributed by atoms with Gasteiger partial charge in [0.1, 0.15) is 11.2 Å². The van der Waals surface area contributed by atoms with Crippen molar-refractivity contribution >= 4 is 23.8 Å². The molecule has 0 bridgehead atoms. The Labute approximate surface area is 175 Å². The zero-order chi connectivity index (χ0) is 21.6. The number of rotatable bonds is 12. The van der Waals surface area contributed by atoms with Gasteiger partial charge in [0.25, 0.3) is 0 Å². The van der Waals surface area contributed by atoms with Crippen LogP contribution in [0.25, 0.3) is 0 Å². The molecular formula is C20H38ClNO6. The molecule has 0 atom stereocenters. The number of carbonyl (C=O) groups is 2. The number of imide groups is 1. The number of nitrogens with zero attached hydrogens (tertiary/aromatic N) is 1. The van der Waals surface area contributed by atoms with Gasteiger partial charge in [0, 0.05) is 12.5 Å². The van der Waals surface area contributed by atoms with E-state index in [1.54, 1.807) is 41.5 Å². The Balaban J connectivity index is 4.21. The fourth-order valence-corrected chi connectivity index (χ4v) is 2.21. The van der Waals surface area contributed by atoms with Gasteiger partial charge in [-0.15, -0.1) is 11.6 Å². The largest absolute Gasteiger partial charge is 0.443 e. The van der Waals surface area contributed by atoms with Crippen LogP contribution in [0.2, 0.25) is 0 Å². The number of ether oxygens (including phenoxy) is 4. The Morgan fingerprint density at radius 1 is 0.714 bits per heavy atom. The third kappa shape index (κ3) is 16.0. The zero-order valence-corrected chi connectivity index (χ0v) is 19.1. The quantitative estimate of drug-likeness (QED) is 0.325. The van der Waals surface area contributed by atoms with Crippen LogP contribution in [-0.4, -0.2) is 67.1 Å². The Kier molecular flexibility index (Phi) is 13.5. The van der Waals surface area contributed by atoms with Crippen LogP contribution in [0.4, 0.5) is 9.59 Å². The topological polar surface area (TPSA) is 74.3 Å². The SMILES string of the molecule is CC(C)(C)OC(=O)N(CCOCCOCCCCCCCl)C(=O)OC(C)(C)C. The molecule has 166 valence electrons. The maximum atomic E-state index is 12.3. The van der Waals surface area contributed by atoms with Crippen LogP contribution >= 0.6 is 11.6 Å². The summed E-state index contributed by atoms with van der Waals surface area (Å²) in [4.78, 5) is 25.6. The number of hydrogen-bond donors (Lipinski definition) is 0. The van der Waals surface area contributed by atoms with Crippen molar-refractivity contribution in [1.29, 1.82) is 0 Å². The van der Waals surface area contributed by atoms with Gasteiger partial charge in [-0.2, -0.15) is 0 Å². The maximum Gasteiger partial charge on any atom is 0.419 e. The van der Waals surface area contributed by atoms with Crippen molar-refractivity contribution in [2.45, 2.75) is 78.4 Å². The lowest BCUT2D eigenvalue weighted by molar-refractivity contribution is -0.00805. The molecule has 0 aliphatic rings. The lowest BCUT2D eigenvalue weighted by atomic mass is 10.2. The van der Waals surface area contributed by atoms with E-state index in [0.29, 0.717) is 25.7 Å². The third-order valence-electron chi connectivity index (χ3n) is 3.23. The first-order chi connectivity index (χ1) is 13.0. The fourth-order valence-electron chi connectivity index (χ4n) is 2.02. The zero-order valence-electron chi connectivity index (χ0n) is 18.3. The number of alkyl halides is 1. The van der Waals surface area contributed by atoms with Crippen molar-refractivity contribution in [2.24, 2.45) is 0 Å². The van der Waals surface area contributed by atoms with E-state index in [1.807, 2.05) is 0 Å². The van der Waals surface area contributed by atoms with Gasteiger partial charge in [-0.1, -0.05) is 12.8 Å². The Morgan fingerprint density at radius 3 is 1.64 bits per heavy atom. The molecule has 0 spiro atoms. The summed E-state index contributed by atoms with van der Waals surface area (Å²) in [5, 5.41) is 0. The number of unbranched alkanes of at least 4 members (excludes halogenated alkanes) is 3. The van der Waals surface area contributed by atoms with Crippen LogP contribution in [0.5, 0.6) is 0 Å². The van der Waals surface area contributed by atoms with Crippen LogP contribution < -0.4 is 0 Å². The first-order valence-electron chi connectivity index (χ1n) is 9.91. The summed E-state index contributed by atoms with van der Waals surface area (Å²) in [6, 6.07) is 0. The van der Waals surface area contributed by atoms with E-state index in [2.05, 4.69) is 0 Å². The van der Waals surface area contributed by atoms with E-state index in [9.17, 15) is 9.59 Å². The maximum absolute atomic E-state index is 12.3. The molecule has 0 radical (unpaired) electrons. The highest BCUT2D eigenvalue weighted by Crippen LogP contribution is 2.14. The van der Waals surface area contributed by atoms with Crippen LogP contribution in [0.3, 0.4) is 0 Å². The molecule has 0 heterocycles. The van der Waals surface area contributed by atoms with Gasteiger partial charge in [0.05, 0.1) is 26.4 Å². The van der Waals surface area contributed by atoms with Gasteiger partial charge >= 0.3 is 12.2 Å². The average Bonchev–Trinajstić information content (AvgIpc) is 2.52. The first kappa shape index (κ1) is 27.0. The minimum absolute atomic E-state index is 0.0439. The van der Waals surface area contributed by atoms with Crippen molar-refractivity contribution in [3.05, 3.63) is 0 Å². The smallest absolute Gasteiger partial charge is 0.419 e. The van der Waals surface area contributed by atoms with E-state index >= 15 is 0 Å². The predicted octanol–water partition coefficient (Wildman–Crippen LogP) is 4.99. The van der Waals surface area contributed by atoms with E-state index in [1.165, 1.54) is 0 Å². The van der Waals surface area contributed by atoms with Crippen molar-refractivity contribution in [3.8, 4) is 0 Å². The summed E-state index contributed by atoms with van der Waals surface area (Å²) in [5.74, 6) is 0.707. The van der Waals surface area contributed by atoms with Gasteiger partial charge in [0.15, 0.2) is 0 Å². The fraction of sp³-hybridized carbons (Fsp3) is 0.900. The van der Waals surface area contributed by atoms with Crippen LogP contribution in [0.15, 0.2) is 0 Å². The highest BCUT2D eigenvalue weighted by Gasteiger charge is 2.30. The number of carbonyl (C=O) groups excluding carboxylic acids is 2. The Morgan fingerprint density at radius 2 is 1.18 bits per heavy atom. The monoisotopic (exact) mass is 423 g/mol. The first-order valence-corrected chi connectivity index (χ1v) is 10.4. The summed E-state index contributed by atoms with van der Waals surface area (Å²) >= 11 is 5.63. The molecule has 0 aliphatic carbocycles. The summed E-state index contributed by atoms with van der Waals surface area (Å²) in [7, 11) is 0. The molecule has 7 nitrogen and oxygen atoms in total. The lowest BCUT2D eigenvalue weighted by Crippen LogP contribution is -2.45. The minimum Gasteiger partial charge on any atom is -0.443 e. The summed E-state index contributed by atoms with van der Waals surface area (Å²) in [6.07, 6.45) is 2.76. The third-order valence-corrected chi connectivity index (χ3v) is 3.50. The summed E-state index contributed by atoms with van der Waals surface area (Å²) in [6.45, 7) is 12.2. The molecule has 0 rings (SSSR count). The van der Waals surface area contributed by atoms with Crippen LogP contribution in [0, 0.1) is 0 Å².